The fourth-order valence-corrected chi connectivity index (χ4v) is 2.67. The first kappa shape index (κ1) is 11.6. The number of thioether (sulfide) groups is 1. The Morgan fingerprint density at radius 3 is 3.07 bits per heavy atom. The van der Waals surface area contributed by atoms with Gasteiger partial charge in [-0.1, -0.05) is 6.07 Å². The highest BCUT2D eigenvalue weighted by Crippen LogP contribution is 2.12. The van der Waals surface area contributed by atoms with E-state index in [1.165, 1.54) is 4.88 Å². The highest BCUT2D eigenvalue weighted by molar-refractivity contribution is 7.99. The van der Waals surface area contributed by atoms with Crippen LogP contribution >= 0.6 is 23.1 Å². The highest BCUT2D eigenvalue weighted by Gasteiger charge is 2.10. The van der Waals surface area contributed by atoms with Gasteiger partial charge in [-0.25, -0.2) is 0 Å². The van der Waals surface area contributed by atoms with Crippen molar-refractivity contribution in [1.29, 1.82) is 0 Å². The van der Waals surface area contributed by atoms with Crippen molar-refractivity contribution in [2.24, 2.45) is 5.73 Å². The number of carbonyl (C=O) groups is 1. The van der Waals surface area contributed by atoms with Crippen LogP contribution in [0.1, 0.15) is 4.88 Å². The number of hydrogen-bond donors (Lipinski definition) is 2. The second-order valence-electron chi connectivity index (χ2n) is 2.85. The summed E-state index contributed by atoms with van der Waals surface area (Å²) in [6.07, 6.45) is 0.995. The van der Waals surface area contributed by atoms with E-state index in [4.69, 9.17) is 10.8 Å². The summed E-state index contributed by atoms with van der Waals surface area (Å²) in [6, 6.07) is 3.37. The first-order valence-electron chi connectivity index (χ1n) is 4.28. The minimum Gasteiger partial charge on any atom is -0.480 e. The Labute approximate surface area is 91.3 Å². The molecule has 0 radical (unpaired) electrons. The Bertz CT molecular complexity index is 274. The SMILES string of the molecule is N[C@@H](CSCCc1cccs1)C(=O)O. The Hall–Kier alpha value is -0.520. The lowest BCUT2D eigenvalue weighted by Gasteiger charge is -2.04. The molecule has 1 aromatic heterocycles. The van der Waals surface area contributed by atoms with Crippen LogP contribution in [0.5, 0.6) is 0 Å². The number of thiophene rings is 1. The van der Waals surface area contributed by atoms with Gasteiger partial charge >= 0.3 is 5.97 Å². The Balaban J connectivity index is 2.08. The van der Waals surface area contributed by atoms with Gasteiger partial charge < -0.3 is 10.8 Å². The third-order valence-corrected chi connectivity index (χ3v) is 3.71. The molecule has 0 saturated carbocycles. The summed E-state index contributed by atoms with van der Waals surface area (Å²) in [5.74, 6) is 0.496. The number of rotatable bonds is 6. The number of nitrogens with two attached hydrogens (primary N) is 1. The van der Waals surface area contributed by atoms with E-state index in [9.17, 15) is 4.79 Å². The normalized spacial score (nSPS) is 12.6. The first-order chi connectivity index (χ1) is 6.70. The quantitative estimate of drug-likeness (QED) is 0.727. The van der Waals surface area contributed by atoms with E-state index < -0.39 is 12.0 Å². The number of aryl methyl sites for hydroxylation is 1. The second kappa shape index (κ2) is 6.06. The monoisotopic (exact) mass is 231 g/mol. The molecule has 0 aliphatic heterocycles. The van der Waals surface area contributed by atoms with Gasteiger partial charge in [0.2, 0.25) is 0 Å². The molecule has 0 amide bonds. The van der Waals surface area contributed by atoms with Crippen LogP contribution < -0.4 is 5.73 Å². The van der Waals surface area contributed by atoms with Gasteiger partial charge in [-0.15, -0.1) is 11.3 Å². The number of aliphatic carboxylic acids is 1. The fraction of sp³-hybridized carbons (Fsp3) is 0.444. The van der Waals surface area contributed by atoms with Crippen molar-refractivity contribution >= 4 is 29.1 Å². The van der Waals surface area contributed by atoms with Crippen LogP contribution in [0.3, 0.4) is 0 Å². The average molecular weight is 231 g/mol. The summed E-state index contributed by atoms with van der Waals surface area (Å²) < 4.78 is 0. The van der Waals surface area contributed by atoms with Crippen molar-refractivity contribution in [3.8, 4) is 0 Å². The molecule has 14 heavy (non-hydrogen) atoms. The topological polar surface area (TPSA) is 63.3 Å². The molecule has 0 saturated heterocycles. The summed E-state index contributed by atoms with van der Waals surface area (Å²) in [6.45, 7) is 0. The summed E-state index contributed by atoms with van der Waals surface area (Å²) in [4.78, 5) is 11.7. The van der Waals surface area contributed by atoms with Crippen LogP contribution in [-0.4, -0.2) is 28.6 Å². The lowest BCUT2D eigenvalue weighted by Crippen LogP contribution is -2.32. The van der Waals surface area contributed by atoms with Gasteiger partial charge in [0.15, 0.2) is 0 Å². The van der Waals surface area contributed by atoms with Gasteiger partial charge in [-0.3, -0.25) is 4.79 Å². The first-order valence-corrected chi connectivity index (χ1v) is 6.32. The largest absolute Gasteiger partial charge is 0.480 e. The van der Waals surface area contributed by atoms with Crippen molar-refractivity contribution in [2.45, 2.75) is 12.5 Å². The zero-order chi connectivity index (χ0) is 10.4. The van der Waals surface area contributed by atoms with E-state index in [1.807, 2.05) is 11.4 Å². The molecule has 0 aliphatic carbocycles. The van der Waals surface area contributed by atoms with E-state index in [0.29, 0.717) is 5.75 Å². The maximum atomic E-state index is 10.4. The minimum atomic E-state index is -0.923. The molecule has 0 aliphatic rings. The summed E-state index contributed by atoms with van der Waals surface area (Å²) in [7, 11) is 0. The summed E-state index contributed by atoms with van der Waals surface area (Å²) in [5.41, 5.74) is 5.36. The second-order valence-corrected chi connectivity index (χ2v) is 5.03. The summed E-state index contributed by atoms with van der Waals surface area (Å²) >= 11 is 3.32. The molecule has 78 valence electrons. The van der Waals surface area contributed by atoms with Crippen molar-refractivity contribution in [1.82, 2.24) is 0 Å². The van der Waals surface area contributed by atoms with Crippen molar-refractivity contribution < 1.29 is 9.90 Å². The average Bonchev–Trinajstić information content (AvgIpc) is 2.64. The molecule has 1 atom stereocenters. The van der Waals surface area contributed by atoms with E-state index >= 15 is 0 Å². The highest BCUT2D eigenvalue weighted by atomic mass is 32.2. The van der Waals surface area contributed by atoms with Crippen LogP contribution in [0.15, 0.2) is 17.5 Å². The molecule has 1 heterocycles. The maximum Gasteiger partial charge on any atom is 0.321 e. The zero-order valence-corrected chi connectivity index (χ0v) is 9.31. The van der Waals surface area contributed by atoms with Gasteiger partial charge in [0.1, 0.15) is 6.04 Å². The van der Waals surface area contributed by atoms with Gasteiger partial charge in [0.05, 0.1) is 0 Å². The molecule has 3 nitrogen and oxygen atoms in total. The molecule has 0 aromatic carbocycles. The maximum absolute atomic E-state index is 10.4. The van der Waals surface area contributed by atoms with E-state index in [2.05, 4.69) is 6.07 Å². The van der Waals surface area contributed by atoms with Crippen LogP contribution in [-0.2, 0) is 11.2 Å². The molecule has 1 aromatic rings. The molecule has 1 rings (SSSR count). The predicted molar refractivity (Wildman–Crippen MR) is 61.0 cm³/mol. The molecule has 0 spiro atoms. The van der Waals surface area contributed by atoms with E-state index in [-0.39, 0.29) is 0 Å². The van der Waals surface area contributed by atoms with Gasteiger partial charge in [0.25, 0.3) is 0 Å². The molecule has 3 N–H and O–H groups in total. The van der Waals surface area contributed by atoms with Crippen molar-refractivity contribution in [2.75, 3.05) is 11.5 Å². The van der Waals surface area contributed by atoms with Crippen LogP contribution in [0.2, 0.25) is 0 Å². The van der Waals surface area contributed by atoms with Gasteiger partial charge in [0, 0.05) is 10.6 Å². The molecule has 5 heteroatoms. The molecular formula is C9H13NO2S2. The molecule has 0 unspecified atom stereocenters. The van der Waals surface area contributed by atoms with Gasteiger partial charge in [-0.05, 0) is 23.6 Å². The Morgan fingerprint density at radius 1 is 1.71 bits per heavy atom. The fourth-order valence-electron chi connectivity index (χ4n) is 0.909. The summed E-state index contributed by atoms with van der Waals surface area (Å²) in [5, 5.41) is 10.6. The Morgan fingerprint density at radius 2 is 2.50 bits per heavy atom. The van der Waals surface area contributed by atoms with Crippen LogP contribution in [0.4, 0.5) is 0 Å². The smallest absolute Gasteiger partial charge is 0.321 e. The van der Waals surface area contributed by atoms with Crippen LogP contribution in [0, 0.1) is 0 Å². The van der Waals surface area contributed by atoms with E-state index in [0.717, 1.165) is 12.2 Å². The van der Waals surface area contributed by atoms with Crippen molar-refractivity contribution in [3.05, 3.63) is 22.4 Å². The molecule has 0 bridgehead atoms. The third kappa shape index (κ3) is 4.13. The lowest BCUT2D eigenvalue weighted by atomic mass is 10.4. The molecule has 0 fully saturated rings. The van der Waals surface area contributed by atoms with Crippen molar-refractivity contribution in [3.63, 3.8) is 0 Å². The van der Waals surface area contributed by atoms with E-state index in [1.54, 1.807) is 23.1 Å². The lowest BCUT2D eigenvalue weighted by molar-refractivity contribution is -0.137. The van der Waals surface area contributed by atoms with Gasteiger partial charge in [-0.2, -0.15) is 11.8 Å². The number of carboxylic acid groups (broad SMARTS) is 1. The Kier molecular flexibility index (Phi) is 5.00. The third-order valence-electron chi connectivity index (χ3n) is 1.69. The number of carboxylic acids is 1. The predicted octanol–water partition coefficient (Wildman–Crippen LogP) is 1.44. The van der Waals surface area contributed by atoms with Crippen LogP contribution in [0.25, 0.3) is 0 Å². The minimum absolute atomic E-state index is 0.487. The zero-order valence-electron chi connectivity index (χ0n) is 7.68. The molecular weight excluding hydrogens is 218 g/mol. The number of hydrogen-bond acceptors (Lipinski definition) is 4. The standard InChI is InChI=1S/C9H13NO2S2/c10-8(9(11)12)6-13-5-3-7-2-1-4-14-7/h1-2,4,8H,3,5-6,10H2,(H,11,12)/t8-/m0/s1.